The Hall–Kier alpha value is -0.520. The van der Waals surface area contributed by atoms with Crippen molar-refractivity contribution in [1.82, 2.24) is 0 Å². The highest BCUT2D eigenvalue weighted by molar-refractivity contribution is 5.45. The van der Waals surface area contributed by atoms with Gasteiger partial charge in [-0.05, 0) is 37.5 Å². The fourth-order valence-corrected chi connectivity index (χ4v) is 4.88. The van der Waals surface area contributed by atoms with Gasteiger partial charge in [0.1, 0.15) is 0 Å². The summed E-state index contributed by atoms with van der Waals surface area (Å²) in [6, 6.07) is 0. The van der Waals surface area contributed by atoms with Crippen molar-refractivity contribution in [2.45, 2.75) is 44.9 Å². The lowest BCUT2D eigenvalue weighted by Gasteiger charge is -2.32. The standard InChI is InChI=1S/C14H18/c1-2-9-14(8-1)12-6-7-13(14)11-5-3-4-10(11)12/h6-7,12-13H,1-5,8-9H2/t12-,13+. The summed E-state index contributed by atoms with van der Waals surface area (Å²) < 4.78 is 0. The number of allylic oxidation sites excluding steroid dienone is 4. The van der Waals surface area contributed by atoms with Crippen molar-refractivity contribution in [2.75, 3.05) is 0 Å². The fourth-order valence-electron chi connectivity index (χ4n) is 4.88. The van der Waals surface area contributed by atoms with Crippen molar-refractivity contribution in [1.29, 1.82) is 0 Å². The molecule has 0 N–H and O–H groups in total. The Morgan fingerprint density at radius 3 is 2.00 bits per heavy atom. The maximum Gasteiger partial charge on any atom is 0.00451 e. The lowest BCUT2D eigenvalue weighted by Crippen LogP contribution is -2.25. The Kier molecular flexibility index (Phi) is 1.30. The van der Waals surface area contributed by atoms with Gasteiger partial charge in [-0.15, -0.1) is 0 Å². The van der Waals surface area contributed by atoms with Crippen molar-refractivity contribution in [3.63, 3.8) is 0 Å². The van der Waals surface area contributed by atoms with E-state index in [0.29, 0.717) is 0 Å². The molecule has 4 aliphatic carbocycles. The smallest absolute Gasteiger partial charge is 0.00451 e. The third-order valence-corrected chi connectivity index (χ3v) is 5.32. The quantitative estimate of drug-likeness (QED) is 0.504. The second-order valence-electron chi connectivity index (χ2n) is 5.68. The average molecular weight is 186 g/mol. The molecule has 0 amide bonds. The Morgan fingerprint density at radius 1 is 0.857 bits per heavy atom. The highest BCUT2D eigenvalue weighted by Gasteiger charge is 2.56. The molecule has 1 fully saturated rings. The number of hydrogen-bond acceptors (Lipinski definition) is 0. The molecule has 0 aliphatic heterocycles. The molecule has 0 saturated heterocycles. The molecule has 0 aromatic carbocycles. The van der Waals surface area contributed by atoms with Gasteiger partial charge in [0.05, 0.1) is 0 Å². The van der Waals surface area contributed by atoms with Gasteiger partial charge in [-0.2, -0.15) is 0 Å². The van der Waals surface area contributed by atoms with Crippen LogP contribution in [0, 0.1) is 17.3 Å². The molecule has 74 valence electrons. The predicted octanol–water partition coefficient (Wildman–Crippen LogP) is 3.84. The molecule has 0 heterocycles. The van der Waals surface area contributed by atoms with Gasteiger partial charge < -0.3 is 0 Å². The summed E-state index contributed by atoms with van der Waals surface area (Å²) in [6.07, 6.45) is 15.5. The zero-order valence-corrected chi connectivity index (χ0v) is 8.76. The molecule has 1 spiro atoms. The Labute approximate surface area is 86.1 Å². The van der Waals surface area contributed by atoms with E-state index in [1.54, 1.807) is 0 Å². The molecule has 4 aliphatic rings. The van der Waals surface area contributed by atoms with Gasteiger partial charge >= 0.3 is 0 Å². The first kappa shape index (κ1) is 7.73. The largest absolute Gasteiger partial charge is 0.0801 e. The van der Waals surface area contributed by atoms with Gasteiger partial charge in [-0.3, -0.25) is 0 Å². The molecule has 2 atom stereocenters. The zero-order chi connectivity index (χ0) is 9.17. The maximum absolute atomic E-state index is 2.56. The van der Waals surface area contributed by atoms with Gasteiger partial charge in [-0.25, -0.2) is 0 Å². The van der Waals surface area contributed by atoms with Crippen molar-refractivity contribution < 1.29 is 0 Å². The van der Waals surface area contributed by atoms with E-state index in [2.05, 4.69) is 12.2 Å². The fraction of sp³-hybridized carbons (Fsp3) is 0.714. The van der Waals surface area contributed by atoms with E-state index in [4.69, 9.17) is 0 Å². The van der Waals surface area contributed by atoms with Gasteiger partial charge in [0.2, 0.25) is 0 Å². The second-order valence-corrected chi connectivity index (χ2v) is 5.68. The Bertz CT molecular complexity index is 313. The summed E-state index contributed by atoms with van der Waals surface area (Å²) >= 11 is 0. The number of hydrogen-bond donors (Lipinski definition) is 0. The molecule has 14 heavy (non-hydrogen) atoms. The van der Waals surface area contributed by atoms with Crippen LogP contribution in [0.4, 0.5) is 0 Å². The third-order valence-electron chi connectivity index (χ3n) is 5.32. The molecular weight excluding hydrogens is 168 g/mol. The number of fused-ring (bicyclic) bond motifs is 2. The van der Waals surface area contributed by atoms with E-state index in [1.807, 2.05) is 11.1 Å². The van der Waals surface area contributed by atoms with Crippen molar-refractivity contribution in [2.24, 2.45) is 17.3 Å². The Balaban J connectivity index is 1.82. The van der Waals surface area contributed by atoms with E-state index in [-0.39, 0.29) is 0 Å². The topological polar surface area (TPSA) is 0 Å². The second kappa shape index (κ2) is 2.35. The van der Waals surface area contributed by atoms with Crippen LogP contribution >= 0.6 is 0 Å². The molecule has 1 saturated carbocycles. The van der Waals surface area contributed by atoms with Gasteiger partial charge in [0.15, 0.2) is 0 Å². The first-order valence-corrected chi connectivity index (χ1v) is 6.32. The third kappa shape index (κ3) is 0.667. The molecule has 0 aromatic heterocycles. The lowest BCUT2D eigenvalue weighted by atomic mass is 9.71. The van der Waals surface area contributed by atoms with Crippen LogP contribution in [0.2, 0.25) is 0 Å². The zero-order valence-electron chi connectivity index (χ0n) is 8.76. The van der Waals surface area contributed by atoms with Crippen molar-refractivity contribution in [3.05, 3.63) is 23.3 Å². The summed E-state index contributed by atoms with van der Waals surface area (Å²) in [6.45, 7) is 0. The molecule has 0 aromatic rings. The van der Waals surface area contributed by atoms with E-state index >= 15 is 0 Å². The molecule has 2 bridgehead atoms. The highest BCUT2D eigenvalue weighted by Crippen LogP contribution is 2.66. The van der Waals surface area contributed by atoms with E-state index in [1.165, 1.54) is 44.9 Å². The maximum atomic E-state index is 2.56. The Morgan fingerprint density at radius 2 is 1.43 bits per heavy atom. The van der Waals surface area contributed by atoms with Gasteiger partial charge in [-0.1, -0.05) is 36.1 Å². The van der Waals surface area contributed by atoms with Crippen LogP contribution in [-0.4, -0.2) is 0 Å². The van der Waals surface area contributed by atoms with E-state index in [9.17, 15) is 0 Å². The van der Waals surface area contributed by atoms with Crippen LogP contribution in [0.1, 0.15) is 44.9 Å². The van der Waals surface area contributed by atoms with E-state index < -0.39 is 0 Å². The molecule has 4 rings (SSSR count). The lowest BCUT2D eigenvalue weighted by molar-refractivity contribution is 0.220. The summed E-state index contributed by atoms with van der Waals surface area (Å²) in [5.41, 5.74) is 4.50. The first-order chi connectivity index (χ1) is 6.92. The van der Waals surface area contributed by atoms with Gasteiger partial charge in [0, 0.05) is 11.8 Å². The van der Waals surface area contributed by atoms with Crippen LogP contribution in [0.25, 0.3) is 0 Å². The summed E-state index contributed by atoms with van der Waals surface area (Å²) in [7, 11) is 0. The van der Waals surface area contributed by atoms with Crippen LogP contribution < -0.4 is 0 Å². The molecular formula is C14H18. The van der Waals surface area contributed by atoms with Crippen LogP contribution in [-0.2, 0) is 0 Å². The van der Waals surface area contributed by atoms with Crippen LogP contribution in [0.5, 0.6) is 0 Å². The van der Waals surface area contributed by atoms with Crippen molar-refractivity contribution >= 4 is 0 Å². The van der Waals surface area contributed by atoms with Gasteiger partial charge in [0.25, 0.3) is 0 Å². The highest BCUT2D eigenvalue weighted by atomic mass is 14.6. The minimum atomic E-state index is 0.727. The summed E-state index contributed by atoms with van der Waals surface area (Å²) in [4.78, 5) is 0. The normalized spacial score (nSPS) is 41.7. The van der Waals surface area contributed by atoms with E-state index in [0.717, 1.165) is 17.3 Å². The van der Waals surface area contributed by atoms with Crippen LogP contribution in [0.15, 0.2) is 23.3 Å². The summed E-state index contributed by atoms with van der Waals surface area (Å²) in [5, 5.41) is 0. The molecule has 0 nitrogen and oxygen atoms in total. The predicted molar refractivity (Wildman–Crippen MR) is 57.9 cm³/mol. The first-order valence-electron chi connectivity index (χ1n) is 6.32. The molecule has 0 radical (unpaired) electrons. The van der Waals surface area contributed by atoms with Crippen LogP contribution in [0.3, 0.4) is 0 Å². The minimum absolute atomic E-state index is 0.727. The molecule has 0 unspecified atom stereocenters. The van der Waals surface area contributed by atoms with Crippen molar-refractivity contribution in [3.8, 4) is 0 Å². The number of rotatable bonds is 0. The average Bonchev–Trinajstić information content (AvgIpc) is 2.94. The SMILES string of the molecule is C1=C[C@H]2C3=C(CCC3)[C@@H]1C21CCCC1. The monoisotopic (exact) mass is 186 g/mol. The summed E-state index contributed by atoms with van der Waals surface area (Å²) in [5.74, 6) is 1.79. The molecule has 0 heteroatoms. The minimum Gasteiger partial charge on any atom is -0.0801 e.